The van der Waals surface area contributed by atoms with E-state index in [-0.39, 0.29) is 11.7 Å². The Morgan fingerprint density at radius 1 is 1.38 bits per heavy atom. The van der Waals surface area contributed by atoms with Gasteiger partial charge in [0.25, 0.3) is 0 Å². The number of thiazole rings is 1. The van der Waals surface area contributed by atoms with Crippen LogP contribution in [0.2, 0.25) is 0 Å². The van der Waals surface area contributed by atoms with Crippen molar-refractivity contribution in [3.05, 3.63) is 41.0 Å². The highest BCUT2D eigenvalue weighted by Gasteiger charge is 2.14. The summed E-state index contributed by atoms with van der Waals surface area (Å²) in [4.78, 5) is 16.7. The number of rotatable bonds is 3. The summed E-state index contributed by atoms with van der Waals surface area (Å²) in [6.07, 6.45) is 0. The molecule has 0 saturated heterocycles. The first-order valence-corrected chi connectivity index (χ1v) is 6.19. The number of nitrogens with zero attached hydrogens (tertiary/aromatic N) is 1. The van der Waals surface area contributed by atoms with Crippen molar-refractivity contribution in [2.75, 3.05) is 5.88 Å². The van der Waals surface area contributed by atoms with E-state index in [0.29, 0.717) is 5.01 Å². The lowest BCUT2D eigenvalue weighted by Crippen LogP contribution is -1.98. The van der Waals surface area contributed by atoms with Gasteiger partial charge in [0.15, 0.2) is 5.01 Å². The molecule has 1 aromatic carbocycles. The predicted molar refractivity (Wildman–Crippen MR) is 67.3 cm³/mol. The van der Waals surface area contributed by atoms with E-state index in [1.165, 1.54) is 11.3 Å². The van der Waals surface area contributed by atoms with Gasteiger partial charge in [-0.3, -0.25) is 4.79 Å². The molecule has 82 valence electrons. The molecule has 4 heteroatoms. The second-order valence-electron chi connectivity index (χ2n) is 3.36. The normalized spacial score (nSPS) is 10.4. The molecule has 0 aliphatic rings. The minimum absolute atomic E-state index is 0.0127. The van der Waals surface area contributed by atoms with Crippen molar-refractivity contribution in [1.82, 2.24) is 4.98 Å². The largest absolute Gasteiger partial charge is 0.290 e. The van der Waals surface area contributed by atoms with Gasteiger partial charge < -0.3 is 0 Å². The van der Waals surface area contributed by atoms with E-state index in [4.69, 9.17) is 11.6 Å². The first kappa shape index (κ1) is 11.3. The fourth-order valence-corrected chi connectivity index (χ4v) is 2.65. The first-order chi connectivity index (χ1) is 7.72. The SMILES string of the molecule is Cc1nc(C(=O)CCl)sc1-c1ccccc1. The zero-order valence-electron chi connectivity index (χ0n) is 8.74. The van der Waals surface area contributed by atoms with Crippen LogP contribution in [-0.4, -0.2) is 16.6 Å². The van der Waals surface area contributed by atoms with Crippen LogP contribution in [-0.2, 0) is 0 Å². The van der Waals surface area contributed by atoms with Crippen molar-refractivity contribution in [3.63, 3.8) is 0 Å². The zero-order chi connectivity index (χ0) is 11.5. The molecule has 0 aliphatic heterocycles. The Kier molecular flexibility index (Phi) is 3.36. The fraction of sp³-hybridized carbons (Fsp3) is 0.167. The molecule has 2 nitrogen and oxygen atoms in total. The molecule has 0 N–H and O–H groups in total. The van der Waals surface area contributed by atoms with Crippen molar-refractivity contribution >= 4 is 28.7 Å². The van der Waals surface area contributed by atoms with Crippen molar-refractivity contribution in [2.24, 2.45) is 0 Å². The summed E-state index contributed by atoms with van der Waals surface area (Å²) in [5.41, 5.74) is 1.97. The number of ketones is 1. The monoisotopic (exact) mass is 251 g/mol. The summed E-state index contributed by atoms with van der Waals surface area (Å²) < 4.78 is 0. The molecule has 0 aliphatic carbocycles. The van der Waals surface area contributed by atoms with Gasteiger partial charge in [0, 0.05) is 0 Å². The van der Waals surface area contributed by atoms with Crippen LogP contribution in [0.3, 0.4) is 0 Å². The lowest BCUT2D eigenvalue weighted by molar-refractivity contribution is 0.102. The van der Waals surface area contributed by atoms with Gasteiger partial charge in [-0.1, -0.05) is 30.3 Å². The molecule has 0 amide bonds. The molecular weight excluding hydrogens is 242 g/mol. The van der Waals surface area contributed by atoms with Crippen LogP contribution < -0.4 is 0 Å². The molecule has 1 heterocycles. The maximum absolute atomic E-state index is 11.4. The van der Waals surface area contributed by atoms with Crippen LogP contribution >= 0.6 is 22.9 Å². The molecule has 0 radical (unpaired) electrons. The van der Waals surface area contributed by atoms with Crippen molar-refractivity contribution in [2.45, 2.75) is 6.92 Å². The summed E-state index contributed by atoms with van der Waals surface area (Å²) in [5, 5.41) is 0.492. The summed E-state index contributed by atoms with van der Waals surface area (Å²) in [5.74, 6) is -0.127. The Morgan fingerprint density at radius 2 is 2.06 bits per heavy atom. The summed E-state index contributed by atoms with van der Waals surface area (Å²) in [7, 11) is 0. The molecule has 0 fully saturated rings. The number of hydrogen-bond acceptors (Lipinski definition) is 3. The third kappa shape index (κ3) is 2.15. The van der Waals surface area contributed by atoms with Gasteiger partial charge in [-0.25, -0.2) is 4.98 Å². The standard InChI is InChI=1S/C12H10ClNOS/c1-8-11(9-5-3-2-4-6-9)16-12(14-8)10(15)7-13/h2-6H,7H2,1H3. The van der Waals surface area contributed by atoms with E-state index in [1.54, 1.807) is 0 Å². The third-order valence-corrected chi connectivity index (χ3v) is 3.68. The van der Waals surface area contributed by atoms with E-state index in [9.17, 15) is 4.79 Å². The maximum atomic E-state index is 11.4. The van der Waals surface area contributed by atoms with Gasteiger partial charge in [-0.05, 0) is 12.5 Å². The molecule has 0 atom stereocenters. The number of aromatic nitrogens is 1. The van der Waals surface area contributed by atoms with Crippen LogP contribution in [0.4, 0.5) is 0 Å². The Balaban J connectivity index is 2.44. The smallest absolute Gasteiger partial charge is 0.206 e. The second kappa shape index (κ2) is 4.76. The molecular formula is C12H10ClNOS. The van der Waals surface area contributed by atoms with E-state index >= 15 is 0 Å². The van der Waals surface area contributed by atoms with Gasteiger partial charge >= 0.3 is 0 Å². The fourth-order valence-electron chi connectivity index (χ4n) is 1.43. The molecule has 0 saturated carbocycles. The number of carbonyl (C=O) groups excluding carboxylic acids is 1. The Labute approximate surface area is 103 Å². The molecule has 16 heavy (non-hydrogen) atoms. The Morgan fingerprint density at radius 3 is 2.69 bits per heavy atom. The Hall–Kier alpha value is -1.19. The van der Waals surface area contributed by atoms with Gasteiger partial charge in [0.05, 0.1) is 16.5 Å². The maximum Gasteiger partial charge on any atom is 0.206 e. The predicted octanol–water partition coefficient (Wildman–Crippen LogP) is 3.54. The number of alkyl halides is 1. The van der Waals surface area contributed by atoms with Gasteiger partial charge in [0.2, 0.25) is 5.78 Å². The molecule has 1 aromatic heterocycles. The van der Waals surface area contributed by atoms with Crippen LogP contribution in [0, 0.1) is 6.92 Å². The molecule has 2 rings (SSSR count). The van der Waals surface area contributed by atoms with Gasteiger partial charge in [0.1, 0.15) is 0 Å². The highest BCUT2D eigenvalue weighted by molar-refractivity contribution is 7.17. The van der Waals surface area contributed by atoms with Crippen LogP contribution in [0.25, 0.3) is 10.4 Å². The van der Waals surface area contributed by atoms with Crippen LogP contribution in [0.5, 0.6) is 0 Å². The van der Waals surface area contributed by atoms with E-state index in [2.05, 4.69) is 4.98 Å². The number of halogens is 1. The van der Waals surface area contributed by atoms with Crippen molar-refractivity contribution in [3.8, 4) is 10.4 Å². The minimum Gasteiger partial charge on any atom is -0.290 e. The molecule has 0 unspecified atom stereocenters. The van der Waals surface area contributed by atoms with E-state index < -0.39 is 0 Å². The Bertz CT molecular complexity index is 507. The average molecular weight is 252 g/mol. The summed E-state index contributed by atoms with van der Waals surface area (Å²) >= 11 is 6.91. The zero-order valence-corrected chi connectivity index (χ0v) is 10.3. The lowest BCUT2D eigenvalue weighted by Gasteiger charge is -1.96. The number of aryl methyl sites for hydroxylation is 1. The topological polar surface area (TPSA) is 30.0 Å². The molecule has 0 bridgehead atoms. The average Bonchev–Trinajstić information content (AvgIpc) is 2.71. The highest BCUT2D eigenvalue weighted by Crippen LogP contribution is 2.29. The van der Waals surface area contributed by atoms with Gasteiger partial charge in [-0.15, -0.1) is 22.9 Å². The number of benzene rings is 1. The molecule has 0 spiro atoms. The second-order valence-corrected chi connectivity index (χ2v) is 4.62. The van der Waals surface area contributed by atoms with Gasteiger partial charge in [-0.2, -0.15) is 0 Å². The summed E-state index contributed by atoms with van der Waals surface area (Å²) in [6.45, 7) is 1.91. The summed E-state index contributed by atoms with van der Waals surface area (Å²) in [6, 6.07) is 9.92. The number of hydrogen-bond donors (Lipinski definition) is 0. The van der Waals surface area contributed by atoms with E-state index in [1.807, 2.05) is 37.3 Å². The highest BCUT2D eigenvalue weighted by atomic mass is 35.5. The first-order valence-electron chi connectivity index (χ1n) is 4.84. The van der Waals surface area contributed by atoms with Crippen LogP contribution in [0.15, 0.2) is 30.3 Å². The third-order valence-electron chi connectivity index (χ3n) is 2.19. The van der Waals surface area contributed by atoms with Crippen molar-refractivity contribution in [1.29, 1.82) is 0 Å². The minimum atomic E-state index is -0.114. The number of carbonyl (C=O) groups is 1. The lowest BCUT2D eigenvalue weighted by atomic mass is 10.2. The molecule has 2 aromatic rings. The van der Waals surface area contributed by atoms with Crippen molar-refractivity contribution < 1.29 is 4.79 Å². The number of Topliss-reactive ketones (excluding diaryl/α,β-unsaturated/α-hetero) is 1. The quantitative estimate of drug-likeness (QED) is 0.617. The van der Waals surface area contributed by atoms with E-state index in [0.717, 1.165) is 16.1 Å². The van der Waals surface area contributed by atoms with Crippen LogP contribution in [0.1, 0.15) is 15.5 Å².